The molecule has 0 aliphatic carbocycles. The number of amides is 2. The van der Waals surface area contributed by atoms with Crippen LogP contribution >= 0.6 is 0 Å². The first-order valence-electron chi connectivity index (χ1n) is 8.96. The molecule has 2 aliphatic rings. The highest BCUT2D eigenvalue weighted by Gasteiger charge is 2.30. The third-order valence-electron chi connectivity index (χ3n) is 5.24. The van der Waals surface area contributed by atoms with Crippen molar-refractivity contribution < 1.29 is 14.3 Å². The lowest BCUT2D eigenvalue weighted by Crippen LogP contribution is -2.44. The standard InChI is InChI=1S/C20H26N2O3/c1-3-19(23)22-11-8-16(9-12-22)20(24)21(2)14-18-17-7-5-4-6-15(17)10-13-25-18/h3-7,16,18H,1,8-14H2,2H3. The van der Waals surface area contributed by atoms with Crippen LogP contribution < -0.4 is 0 Å². The van der Waals surface area contributed by atoms with Crippen LogP contribution in [0.2, 0.25) is 0 Å². The molecule has 1 aromatic rings. The number of likely N-dealkylation sites (tertiary alicyclic amines) is 1. The largest absolute Gasteiger partial charge is 0.371 e. The van der Waals surface area contributed by atoms with Gasteiger partial charge in [0, 0.05) is 26.1 Å². The summed E-state index contributed by atoms with van der Waals surface area (Å²) in [6, 6.07) is 8.30. The first-order valence-corrected chi connectivity index (χ1v) is 8.96. The molecule has 1 atom stereocenters. The minimum atomic E-state index is -0.0543. The predicted molar refractivity (Wildman–Crippen MR) is 96.0 cm³/mol. The number of rotatable bonds is 4. The van der Waals surface area contributed by atoms with Crippen LogP contribution in [0.25, 0.3) is 0 Å². The summed E-state index contributed by atoms with van der Waals surface area (Å²) in [5.74, 6) is 0.0847. The van der Waals surface area contributed by atoms with Gasteiger partial charge in [0.25, 0.3) is 0 Å². The van der Waals surface area contributed by atoms with Crippen LogP contribution in [0.4, 0.5) is 0 Å². The molecule has 0 N–H and O–H groups in total. The van der Waals surface area contributed by atoms with Gasteiger partial charge >= 0.3 is 0 Å². The van der Waals surface area contributed by atoms with E-state index in [2.05, 4.69) is 24.8 Å². The Hall–Kier alpha value is -2.14. The minimum Gasteiger partial charge on any atom is -0.371 e. The first kappa shape index (κ1) is 17.7. The van der Waals surface area contributed by atoms with Gasteiger partial charge in [-0.2, -0.15) is 0 Å². The molecule has 25 heavy (non-hydrogen) atoms. The average Bonchev–Trinajstić information content (AvgIpc) is 2.67. The summed E-state index contributed by atoms with van der Waals surface area (Å²) in [5.41, 5.74) is 2.51. The van der Waals surface area contributed by atoms with Gasteiger partial charge in [0.05, 0.1) is 13.2 Å². The van der Waals surface area contributed by atoms with Gasteiger partial charge in [-0.1, -0.05) is 30.8 Å². The van der Waals surface area contributed by atoms with E-state index in [4.69, 9.17) is 4.74 Å². The number of fused-ring (bicyclic) bond motifs is 1. The molecule has 1 aromatic carbocycles. The summed E-state index contributed by atoms with van der Waals surface area (Å²) in [6.07, 6.45) is 3.64. The van der Waals surface area contributed by atoms with Crippen LogP contribution in [0.3, 0.4) is 0 Å². The lowest BCUT2D eigenvalue weighted by atomic mass is 9.94. The zero-order valence-electron chi connectivity index (χ0n) is 14.8. The van der Waals surface area contributed by atoms with Crippen LogP contribution in [0.5, 0.6) is 0 Å². The maximum absolute atomic E-state index is 12.8. The summed E-state index contributed by atoms with van der Waals surface area (Å²) in [5, 5.41) is 0. The van der Waals surface area contributed by atoms with Crippen LogP contribution in [0, 0.1) is 5.92 Å². The van der Waals surface area contributed by atoms with Crippen LogP contribution in [-0.4, -0.2) is 54.9 Å². The van der Waals surface area contributed by atoms with Crippen molar-refractivity contribution in [3.8, 4) is 0 Å². The molecule has 5 heteroatoms. The second-order valence-electron chi connectivity index (χ2n) is 6.83. The summed E-state index contributed by atoms with van der Waals surface area (Å²) in [6.45, 7) is 6.04. The van der Waals surface area contributed by atoms with Crippen molar-refractivity contribution in [3.63, 3.8) is 0 Å². The van der Waals surface area contributed by atoms with Gasteiger partial charge in [0.1, 0.15) is 6.10 Å². The second-order valence-corrected chi connectivity index (χ2v) is 6.83. The van der Waals surface area contributed by atoms with Crippen LogP contribution in [-0.2, 0) is 20.7 Å². The van der Waals surface area contributed by atoms with Gasteiger partial charge in [-0.15, -0.1) is 0 Å². The lowest BCUT2D eigenvalue weighted by Gasteiger charge is -2.34. The number of hydrogen-bond acceptors (Lipinski definition) is 3. The van der Waals surface area contributed by atoms with Crippen molar-refractivity contribution >= 4 is 11.8 Å². The Kier molecular flexibility index (Phi) is 5.53. The molecular formula is C20H26N2O3. The highest BCUT2D eigenvalue weighted by Crippen LogP contribution is 2.28. The van der Waals surface area contributed by atoms with E-state index in [1.165, 1.54) is 17.2 Å². The molecule has 2 heterocycles. The fraction of sp³-hybridized carbons (Fsp3) is 0.500. The van der Waals surface area contributed by atoms with Gasteiger partial charge < -0.3 is 14.5 Å². The fourth-order valence-electron chi connectivity index (χ4n) is 3.75. The van der Waals surface area contributed by atoms with E-state index >= 15 is 0 Å². The molecular weight excluding hydrogens is 316 g/mol. The smallest absolute Gasteiger partial charge is 0.245 e. The molecule has 3 rings (SSSR count). The summed E-state index contributed by atoms with van der Waals surface area (Å²) in [7, 11) is 1.85. The van der Waals surface area contributed by atoms with Crippen LogP contribution in [0.1, 0.15) is 30.1 Å². The molecule has 1 unspecified atom stereocenters. The first-order chi connectivity index (χ1) is 12.1. The van der Waals surface area contributed by atoms with Crippen molar-refractivity contribution in [3.05, 3.63) is 48.0 Å². The van der Waals surface area contributed by atoms with Gasteiger partial charge in [-0.3, -0.25) is 9.59 Å². The number of likely N-dealkylation sites (N-methyl/N-ethyl adjacent to an activating group) is 1. The van der Waals surface area contributed by atoms with E-state index < -0.39 is 0 Å². The number of piperidine rings is 1. The number of carbonyl (C=O) groups is 2. The number of hydrogen-bond donors (Lipinski definition) is 0. The Balaban J connectivity index is 1.57. The number of ether oxygens (including phenoxy) is 1. The molecule has 0 spiro atoms. The Morgan fingerprint density at radius 3 is 2.76 bits per heavy atom. The van der Waals surface area contributed by atoms with Crippen molar-refractivity contribution in [1.82, 2.24) is 9.80 Å². The van der Waals surface area contributed by atoms with Crippen molar-refractivity contribution in [2.75, 3.05) is 33.3 Å². The molecule has 5 nitrogen and oxygen atoms in total. The van der Waals surface area contributed by atoms with Crippen molar-refractivity contribution in [2.45, 2.75) is 25.4 Å². The van der Waals surface area contributed by atoms with E-state index in [1.807, 2.05) is 13.1 Å². The topological polar surface area (TPSA) is 49.9 Å². The average molecular weight is 342 g/mol. The predicted octanol–water partition coefficient (Wildman–Crippen LogP) is 2.18. The zero-order valence-corrected chi connectivity index (χ0v) is 14.8. The quantitative estimate of drug-likeness (QED) is 0.788. The molecule has 1 fully saturated rings. The Morgan fingerprint density at radius 2 is 2.04 bits per heavy atom. The Bertz CT molecular complexity index is 650. The van der Waals surface area contributed by atoms with E-state index in [0.29, 0.717) is 39.1 Å². The summed E-state index contributed by atoms with van der Waals surface area (Å²) < 4.78 is 5.92. The van der Waals surface area contributed by atoms with E-state index in [0.717, 1.165) is 6.42 Å². The monoisotopic (exact) mass is 342 g/mol. The molecule has 1 saturated heterocycles. The fourth-order valence-corrected chi connectivity index (χ4v) is 3.75. The third kappa shape index (κ3) is 3.93. The maximum atomic E-state index is 12.8. The number of nitrogens with zero attached hydrogens (tertiary/aromatic N) is 2. The highest BCUT2D eigenvalue weighted by atomic mass is 16.5. The van der Waals surface area contributed by atoms with Gasteiger partial charge in [0.15, 0.2) is 0 Å². The molecule has 0 radical (unpaired) electrons. The zero-order chi connectivity index (χ0) is 17.8. The molecule has 0 aromatic heterocycles. The summed E-state index contributed by atoms with van der Waals surface area (Å²) >= 11 is 0. The van der Waals surface area contributed by atoms with Crippen LogP contribution in [0.15, 0.2) is 36.9 Å². The van der Waals surface area contributed by atoms with Gasteiger partial charge in [-0.05, 0) is 36.5 Å². The maximum Gasteiger partial charge on any atom is 0.245 e. The Morgan fingerprint density at radius 1 is 1.32 bits per heavy atom. The van der Waals surface area contributed by atoms with Crippen molar-refractivity contribution in [1.29, 1.82) is 0 Å². The van der Waals surface area contributed by atoms with E-state index in [1.54, 1.807) is 9.80 Å². The minimum absolute atomic E-state index is 0.0160. The van der Waals surface area contributed by atoms with Gasteiger partial charge in [0.2, 0.25) is 11.8 Å². The lowest BCUT2D eigenvalue weighted by molar-refractivity contribution is -0.140. The normalized spacial score (nSPS) is 20.7. The molecule has 0 bridgehead atoms. The van der Waals surface area contributed by atoms with Crippen molar-refractivity contribution in [2.24, 2.45) is 5.92 Å². The molecule has 2 amide bonds. The van der Waals surface area contributed by atoms with E-state index in [-0.39, 0.29) is 23.8 Å². The van der Waals surface area contributed by atoms with Gasteiger partial charge in [-0.25, -0.2) is 0 Å². The molecule has 134 valence electrons. The van der Waals surface area contributed by atoms with E-state index in [9.17, 15) is 9.59 Å². The molecule has 0 saturated carbocycles. The third-order valence-corrected chi connectivity index (χ3v) is 5.24. The number of benzene rings is 1. The highest BCUT2D eigenvalue weighted by molar-refractivity contribution is 5.87. The Labute approximate surface area is 149 Å². The SMILES string of the molecule is C=CC(=O)N1CCC(C(=O)N(C)CC2OCCc3ccccc32)CC1. The summed E-state index contributed by atoms with van der Waals surface area (Å²) in [4.78, 5) is 28.0. The molecule has 2 aliphatic heterocycles. The number of carbonyl (C=O) groups excluding carboxylic acids is 2. The second kappa shape index (κ2) is 7.83.